The standard InChI is InChI=1S/C17H16ClN5S/c1-2-10-7-12-16(11-5-3-4-6-13(11)18)20-9-15-22-21-14(8-19)23(15)17(12)24-10/h3-7H,2,8-9,19H2,1H3. The minimum atomic E-state index is 0.341. The summed E-state index contributed by atoms with van der Waals surface area (Å²) >= 11 is 8.16. The lowest BCUT2D eigenvalue weighted by Gasteiger charge is -2.09. The molecule has 5 nitrogen and oxygen atoms in total. The molecule has 0 saturated heterocycles. The number of thiophene rings is 1. The lowest BCUT2D eigenvalue weighted by Crippen LogP contribution is -2.09. The van der Waals surface area contributed by atoms with Gasteiger partial charge in [0.2, 0.25) is 0 Å². The molecule has 3 aromatic rings. The van der Waals surface area contributed by atoms with Crippen LogP contribution < -0.4 is 5.73 Å². The summed E-state index contributed by atoms with van der Waals surface area (Å²) in [6.07, 6.45) is 0.961. The molecule has 0 bridgehead atoms. The van der Waals surface area contributed by atoms with Crippen LogP contribution in [-0.2, 0) is 19.5 Å². The monoisotopic (exact) mass is 357 g/mol. The zero-order valence-electron chi connectivity index (χ0n) is 13.2. The molecule has 0 atom stereocenters. The van der Waals surface area contributed by atoms with Gasteiger partial charge in [0.1, 0.15) is 11.5 Å². The van der Waals surface area contributed by atoms with Crippen molar-refractivity contribution in [2.24, 2.45) is 10.7 Å². The fourth-order valence-electron chi connectivity index (χ4n) is 2.88. The van der Waals surface area contributed by atoms with E-state index in [1.165, 1.54) is 4.88 Å². The van der Waals surface area contributed by atoms with Crippen LogP contribution in [0.1, 0.15) is 34.6 Å². The predicted molar refractivity (Wildman–Crippen MR) is 97.3 cm³/mol. The lowest BCUT2D eigenvalue weighted by atomic mass is 10.0. The van der Waals surface area contributed by atoms with Gasteiger partial charge in [0.15, 0.2) is 11.6 Å². The summed E-state index contributed by atoms with van der Waals surface area (Å²) in [5.74, 6) is 1.56. The summed E-state index contributed by atoms with van der Waals surface area (Å²) in [5, 5.41) is 10.2. The lowest BCUT2D eigenvalue weighted by molar-refractivity contribution is 0.837. The number of hydrogen-bond acceptors (Lipinski definition) is 5. The van der Waals surface area contributed by atoms with Crippen LogP contribution in [0.2, 0.25) is 5.02 Å². The molecule has 0 aliphatic carbocycles. The second-order valence-corrected chi connectivity index (χ2v) is 7.02. The number of nitrogens with two attached hydrogens (primary N) is 1. The molecule has 0 amide bonds. The van der Waals surface area contributed by atoms with Gasteiger partial charge >= 0.3 is 0 Å². The molecular formula is C17H16ClN5S. The Morgan fingerprint density at radius 3 is 2.83 bits per heavy atom. The van der Waals surface area contributed by atoms with Crippen molar-refractivity contribution in [1.29, 1.82) is 0 Å². The van der Waals surface area contributed by atoms with Gasteiger partial charge in [-0.15, -0.1) is 21.5 Å². The summed E-state index contributed by atoms with van der Waals surface area (Å²) in [4.78, 5) is 6.09. The fraction of sp³-hybridized carbons (Fsp3) is 0.235. The Balaban J connectivity index is 1.98. The normalized spacial score (nSPS) is 13.2. The summed E-state index contributed by atoms with van der Waals surface area (Å²) in [7, 11) is 0. The molecule has 2 N–H and O–H groups in total. The van der Waals surface area contributed by atoms with Crippen LogP contribution in [0.5, 0.6) is 0 Å². The maximum absolute atomic E-state index is 6.43. The van der Waals surface area contributed by atoms with E-state index in [0.29, 0.717) is 18.1 Å². The van der Waals surface area contributed by atoms with E-state index in [1.54, 1.807) is 11.3 Å². The summed E-state index contributed by atoms with van der Waals surface area (Å²) in [6.45, 7) is 2.94. The van der Waals surface area contributed by atoms with Crippen molar-refractivity contribution in [2.45, 2.75) is 26.4 Å². The van der Waals surface area contributed by atoms with E-state index in [0.717, 1.165) is 39.9 Å². The molecule has 0 radical (unpaired) electrons. The molecule has 7 heteroatoms. The van der Waals surface area contributed by atoms with E-state index in [-0.39, 0.29) is 0 Å². The second-order valence-electron chi connectivity index (χ2n) is 5.50. The third-order valence-corrected chi connectivity index (χ3v) is 5.65. The number of aryl methyl sites for hydroxylation is 1. The van der Waals surface area contributed by atoms with Gasteiger partial charge in [-0.2, -0.15) is 0 Å². The number of aromatic nitrogens is 3. The summed E-state index contributed by atoms with van der Waals surface area (Å²) in [6, 6.07) is 9.99. The van der Waals surface area contributed by atoms with Crippen molar-refractivity contribution >= 4 is 28.6 Å². The number of rotatable bonds is 3. The number of nitrogens with zero attached hydrogens (tertiary/aromatic N) is 4. The topological polar surface area (TPSA) is 69.1 Å². The minimum Gasteiger partial charge on any atom is -0.324 e. The molecule has 0 unspecified atom stereocenters. The van der Waals surface area contributed by atoms with Gasteiger partial charge in [0.25, 0.3) is 0 Å². The number of aliphatic imine (C=N–C) groups is 1. The van der Waals surface area contributed by atoms with Gasteiger partial charge in [0.05, 0.1) is 12.3 Å². The third kappa shape index (κ3) is 2.38. The van der Waals surface area contributed by atoms with E-state index in [1.807, 2.05) is 28.8 Å². The Morgan fingerprint density at radius 1 is 1.25 bits per heavy atom. The van der Waals surface area contributed by atoms with E-state index >= 15 is 0 Å². The zero-order valence-corrected chi connectivity index (χ0v) is 14.7. The average Bonchev–Trinajstić information content (AvgIpc) is 3.17. The van der Waals surface area contributed by atoms with Crippen molar-refractivity contribution < 1.29 is 0 Å². The molecule has 2 aromatic heterocycles. The molecular weight excluding hydrogens is 342 g/mol. The molecule has 4 rings (SSSR count). The van der Waals surface area contributed by atoms with E-state index in [2.05, 4.69) is 23.2 Å². The van der Waals surface area contributed by atoms with Crippen LogP contribution in [0, 0.1) is 0 Å². The maximum atomic E-state index is 6.43. The van der Waals surface area contributed by atoms with E-state index < -0.39 is 0 Å². The largest absolute Gasteiger partial charge is 0.324 e. The van der Waals surface area contributed by atoms with Gasteiger partial charge in [-0.25, -0.2) is 0 Å². The first-order valence-electron chi connectivity index (χ1n) is 7.79. The van der Waals surface area contributed by atoms with Crippen LogP contribution in [0.4, 0.5) is 0 Å². The molecule has 0 spiro atoms. The van der Waals surface area contributed by atoms with Crippen LogP contribution in [0.3, 0.4) is 0 Å². The Bertz CT molecular complexity index is 940. The Hall–Kier alpha value is -2.02. The second kappa shape index (κ2) is 6.12. The van der Waals surface area contributed by atoms with Crippen molar-refractivity contribution in [3.63, 3.8) is 0 Å². The Labute approximate surface area is 148 Å². The third-order valence-electron chi connectivity index (χ3n) is 4.06. The number of hydrogen-bond donors (Lipinski definition) is 1. The fourth-order valence-corrected chi connectivity index (χ4v) is 4.24. The Morgan fingerprint density at radius 2 is 2.08 bits per heavy atom. The number of halogens is 1. The molecule has 1 aliphatic heterocycles. The predicted octanol–water partition coefficient (Wildman–Crippen LogP) is 3.35. The molecule has 1 aromatic carbocycles. The number of fused-ring (bicyclic) bond motifs is 3. The average molecular weight is 358 g/mol. The maximum Gasteiger partial charge on any atom is 0.160 e. The van der Waals surface area contributed by atoms with Crippen LogP contribution in [-0.4, -0.2) is 20.5 Å². The van der Waals surface area contributed by atoms with Gasteiger partial charge in [-0.1, -0.05) is 36.7 Å². The molecule has 1 aliphatic rings. The van der Waals surface area contributed by atoms with Crippen LogP contribution in [0.15, 0.2) is 35.3 Å². The highest BCUT2D eigenvalue weighted by Gasteiger charge is 2.25. The van der Waals surface area contributed by atoms with E-state index in [9.17, 15) is 0 Å². The zero-order chi connectivity index (χ0) is 16.7. The van der Waals surface area contributed by atoms with Gasteiger partial charge < -0.3 is 5.73 Å². The molecule has 24 heavy (non-hydrogen) atoms. The first-order valence-corrected chi connectivity index (χ1v) is 8.98. The van der Waals surface area contributed by atoms with E-state index in [4.69, 9.17) is 22.3 Å². The van der Waals surface area contributed by atoms with Crippen molar-refractivity contribution in [2.75, 3.05) is 0 Å². The minimum absolute atomic E-state index is 0.341. The molecule has 0 fully saturated rings. The highest BCUT2D eigenvalue weighted by molar-refractivity contribution is 7.15. The summed E-state index contributed by atoms with van der Waals surface area (Å²) in [5.41, 5.74) is 8.77. The van der Waals surface area contributed by atoms with Gasteiger partial charge in [0, 0.05) is 21.0 Å². The smallest absolute Gasteiger partial charge is 0.160 e. The van der Waals surface area contributed by atoms with Crippen molar-refractivity contribution in [3.8, 4) is 5.00 Å². The van der Waals surface area contributed by atoms with Gasteiger partial charge in [-0.05, 0) is 18.6 Å². The van der Waals surface area contributed by atoms with Crippen LogP contribution in [0.25, 0.3) is 5.00 Å². The van der Waals surface area contributed by atoms with Crippen molar-refractivity contribution in [3.05, 3.63) is 63.0 Å². The first kappa shape index (κ1) is 15.5. The SMILES string of the molecule is CCc1cc2c(s1)-n1c(CN)nnc1CN=C2c1ccccc1Cl. The highest BCUT2D eigenvalue weighted by Crippen LogP contribution is 2.34. The summed E-state index contributed by atoms with van der Waals surface area (Å²) < 4.78 is 2.05. The highest BCUT2D eigenvalue weighted by atomic mass is 35.5. The quantitative estimate of drug-likeness (QED) is 0.781. The first-order chi connectivity index (χ1) is 11.7. The van der Waals surface area contributed by atoms with Gasteiger partial charge in [-0.3, -0.25) is 9.56 Å². The molecule has 122 valence electrons. The van der Waals surface area contributed by atoms with Crippen molar-refractivity contribution in [1.82, 2.24) is 14.8 Å². The molecule has 0 saturated carbocycles. The number of benzene rings is 1. The molecule has 3 heterocycles. The van der Waals surface area contributed by atoms with Crippen LogP contribution >= 0.6 is 22.9 Å². The Kier molecular flexibility index (Phi) is 3.96.